The van der Waals surface area contributed by atoms with Crippen molar-refractivity contribution in [2.75, 3.05) is 0 Å². The van der Waals surface area contributed by atoms with E-state index in [1.54, 1.807) is 33.9 Å². The zero-order valence-corrected chi connectivity index (χ0v) is 16.1. The topological polar surface area (TPSA) is 59.5 Å². The number of hydrogen-bond donors (Lipinski definition) is 0. The number of benzene rings is 1. The summed E-state index contributed by atoms with van der Waals surface area (Å²) >= 11 is 4.69. The second-order valence-electron chi connectivity index (χ2n) is 6.34. The van der Waals surface area contributed by atoms with E-state index in [1.807, 2.05) is 44.2 Å². The molecule has 0 bridgehead atoms. The highest BCUT2D eigenvalue weighted by Crippen LogP contribution is 2.54. The van der Waals surface area contributed by atoms with Crippen molar-refractivity contribution in [3.05, 3.63) is 47.1 Å². The number of nitrogens with zero attached hydrogens (tertiary/aromatic N) is 2. The van der Waals surface area contributed by atoms with Crippen LogP contribution >= 0.6 is 34.9 Å². The average Bonchev–Trinajstić information content (AvgIpc) is 3.15. The van der Waals surface area contributed by atoms with Crippen LogP contribution in [0.5, 0.6) is 0 Å². The molecule has 5 nitrogen and oxygen atoms in total. The van der Waals surface area contributed by atoms with Crippen LogP contribution in [0.3, 0.4) is 0 Å². The summed E-state index contributed by atoms with van der Waals surface area (Å²) in [5.74, 6) is -0.545. The van der Waals surface area contributed by atoms with Crippen LogP contribution in [-0.2, 0) is 16.1 Å². The number of carbonyl (C=O) groups excluding carboxylic acids is 2. The van der Waals surface area contributed by atoms with Crippen LogP contribution in [0.15, 0.2) is 40.1 Å². The summed E-state index contributed by atoms with van der Waals surface area (Å²) < 4.78 is 5.92. The fraction of sp³-hybridized carbons (Fsp3) is 0.353. The number of amides is 1. The summed E-state index contributed by atoms with van der Waals surface area (Å²) in [5.41, 5.74) is 3.05. The molecule has 0 spiro atoms. The normalized spacial score (nSPS) is 23.9. The number of ether oxygens (including phenoxy) is 1. The van der Waals surface area contributed by atoms with Crippen LogP contribution in [0, 0.1) is 0 Å². The Morgan fingerprint density at radius 2 is 2.08 bits per heavy atom. The van der Waals surface area contributed by atoms with Gasteiger partial charge in [-0.2, -0.15) is 0 Å². The van der Waals surface area contributed by atoms with E-state index in [2.05, 4.69) is 4.98 Å². The Hall–Kier alpha value is -1.51. The van der Waals surface area contributed by atoms with E-state index in [-0.39, 0.29) is 23.2 Å². The molecule has 0 saturated carbocycles. The molecule has 2 unspecified atom stereocenters. The first-order valence-electron chi connectivity index (χ1n) is 7.78. The van der Waals surface area contributed by atoms with Gasteiger partial charge in [0.1, 0.15) is 17.4 Å². The Morgan fingerprint density at radius 1 is 1.32 bits per heavy atom. The zero-order valence-electron chi connectivity index (χ0n) is 13.7. The first-order valence-corrected chi connectivity index (χ1v) is 10.4. The highest BCUT2D eigenvalue weighted by atomic mass is 32.2. The van der Waals surface area contributed by atoms with Gasteiger partial charge in [-0.25, -0.2) is 9.78 Å². The van der Waals surface area contributed by atoms with Crippen LogP contribution in [-0.4, -0.2) is 37.3 Å². The van der Waals surface area contributed by atoms with Crippen LogP contribution in [0.4, 0.5) is 0 Å². The number of carbonyl (C=O) groups is 2. The molecule has 1 fully saturated rings. The number of thioether (sulfide) groups is 2. The molecule has 130 valence electrons. The molecule has 3 heterocycles. The van der Waals surface area contributed by atoms with Crippen molar-refractivity contribution < 1.29 is 14.3 Å². The third-order valence-corrected chi connectivity index (χ3v) is 8.06. The fourth-order valence-corrected chi connectivity index (χ4v) is 7.51. The maximum atomic E-state index is 12.9. The van der Waals surface area contributed by atoms with Crippen LogP contribution in [0.1, 0.15) is 29.9 Å². The molecule has 2 aliphatic rings. The maximum absolute atomic E-state index is 12.9. The number of thiazole rings is 1. The highest BCUT2D eigenvalue weighted by Gasteiger charge is 2.56. The minimum atomic E-state index is -0.624. The van der Waals surface area contributed by atoms with Gasteiger partial charge in [0.2, 0.25) is 0 Å². The predicted octanol–water partition coefficient (Wildman–Crippen LogP) is 3.61. The molecule has 2 atom stereocenters. The molecule has 8 heteroatoms. The summed E-state index contributed by atoms with van der Waals surface area (Å²) in [6, 6.07) is 8.93. The van der Waals surface area contributed by atoms with Crippen LogP contribution < -0.4 is 0 Å². The van der Waals surface area contributed by atoms with E-state index in [4.69, 9.17) is 4.74 Å². The van der Waals surface area contributed by atoms with E-state index < -0.39 is 10.8 Å². The predicted molar refractivity (Wildman–Crippen MR) is 99.6 cm³/mol. The first-order chi connectivity index (χ1) is 12.0. The van der Waals surface area contributed by atoms with Crippen molar-refractivity contribution >= 4 is 46.7 Å². The minimum absolute atomic E-state index is 0.121. The Balaban J connectivity index is 1.57. The van der Waals surface area contributed by atoms with Gasteiger partial charge < -0.3 is 9.64 Å². The molecule has 1 aromatic carbocycles. The summed E-state index contributed by atoms with van der Waals surface area (Å²) in [7, 11) is 0. The molecule has 0 aliphatic carbocycles. The SMILES string of the molecule is CC1(C)SC2Sc3scnc3C(=O)N2C1C(=O)OCc1ccccc1. The Kier molecular flexibility index (Phi) is 4.29. The van der Waals surface area contributed by atoms with Crippen molar-refractivity contribution in [2.45, 2.75) is 40.2 Å². The lowest BCUT2D eigenvalue weighted by Gasteiger charge is -2.32. The third-order valence-electron chi connectivity index (χ3n) is 4.20. The second-order valence-corrected chi connectivity index (χ2v) is 10.6. The largest absolute Gasteiger partial charge is 0.459 e. The summed E-state index contributed by atoms with van der Waals surface area (Å²) in [4.78, 5) is 31.5. The van der Waals surface area contributed by atoms with Gasteiger partial charge in [0, 0.05) is 4.75 Å². The quantitative estimate of drug-likeness (QED) is 0.744. The molecule has 2 aromatic rings. The third kappa shape index (κ3) is 2.96. The first kappa shape index (κ1) is 16.9. The monoisotopic (exact) mass is 392 g/mol. The van der Waals surface area contributed by atoms with Gasteiger partial charge in [-0.15, -0.1) is 23.1 Å². The molecule has 0 radical (unpaired) electrons. The molecule has 1 amide bonds. The molecule has 1 saturated heterocycles. The van der Waals surface area contributed by atoms with Crippen LogP contribution in [0.2, 0.25) is 0 Å². The molecule has 2 aliphatic heterocycles. The van der Waals surface area contributed by atoms with Crippen LogP contribution in [0.25, 0.3) is 0 Å². The van der Waals surface area contributed by atoms with Gasteiger partial charge in [0.25, 0.3) is 5.91 Å². The van der Waals surface area contributed by atoms with Gasteiger partial charge in [0.05, 0.1) is 9.72 Å². The Labute approximate surface area is 158 Å². The van der Waals surface area contributed by atoms with E-state index in [9.17, 15) is 9.59 Å². The van der Waals surface area contributed by atoms with Gasteiger partial charge in [-0.1, -0.05) is 42.1 Å². The number of hydrogen-bond acceptors (Lipinski definition) is 7. The minimum Gasteiger partial charge on any atom is -0.459 e. The maximum Gasteiger partial charge on any atom is 0.330 e. The molecule has 4 rings (SSSR count). The van der Waals surface area contributed by atoms with Crippen molar-refractivity contribution in [1.82, 2.24) is 9.88 Å². The summed E-state index contributed by atoms with van der Waals surface area (Å²) in [6.45, 7) is 4.18. The number of fused-ring (bicyclic) bond motifs is 2. The van der Waals surface area contributed by atoms with Gasteiger partial charge >= 0.3 is 5.97 Å². The number of rotatable bonds is 3. The summed E-state index contributed by atoms with van der Waals surface area (Å²) in [5, 5.41) is 0. The van der Waals surface area contributed by atoms with Gasteiger partial charge in [0.15, 0.2) is 5.69 Å². The smallest absolute Gasteiger partial charge is 0.330 e. The van der Waals surface area contributed by atoms with Crippen molar-refractivity contribution in [1.29, 1.82) is 0 Å². The lowest BCUT2D eigenvalue weighted by Crippen LogP contribution is -2.51. The fourth-order valence-electron chi connectivity index (χ4n) is 3.01. The van der Waals surface area contributed by atoms with E-state index in [0.717, 1.165) is 9.77 Å². The van der Waals surface area contributed by atoms with Gasteiger partial charge in [-0.3, -0.25) is 4.79 Å². The molecule has 25 heavy (non-hydrogen) atoms. The molecule has 1 aromatic heterocycles. The Morgan fingerprint density at radius 3 is 2.84 bits per heavy atom. The lowest BCUT2D eigenvalue weighted by molar-refractivity contribution is -0.150. The highest BCUT2D eigenvalue weighted by molar-refractivity contribution is 8.18. The zero-order chi connectivity index (χ0) is 17.6. The lowest BCUT2D eigenvalue weighted by atomic mass is 10.0. The van der Waals surface area contributed by atoms with Crippen molar-refractivity contribution in [2.24, 2.45) is 0 Å². The standard InChI is InChI=1S/C17H16N2O3S3/c1-17(2)12(14(21)22-8-10-6-4-3-5-7-10)19-13(20)11-15(23-9-18-11)24-16(19)25-17/h3-7,9,12,16H,8H2,1-2H3. The van der Waals surface area contributed by atoms with E-state index in [0.29, 0.717) is 5.69 Å². The summed E-state index contributed by atoms with van der Waals surface area (Å²) in [6.07, 6.45) is 0. The average molecular weight is 393 g/mol. The molecule has 0 N–H and O–H groups in total. The number of aromatic nitrogens is 1. The van der Waals surface area contributed by atoms with Crippen molar-refractivity contribution in [3.8, 4) is 0 Å². The molecular formula is C17H16N2O3S3. The van der Waals surface area contributed by atoms with Gasteiger partial charge in [-0.05, 0) is 19.4 Å². The van der Waals surface area contributed by atoms with E-state index >= 15 is 0 Å². The number of esters is 1. The van der Waals surface area contributed by atoms with E-state index in [1.165, 1.54) is 11.3 Å². The van der Waals surface area contributed by atoms with Crippen molar-refractivity contribution in [3.63, 3.8) is 0 Å². The molecular weight excluding hydrogens is 376 g/mol. The second kappa shape index (κ2) is 6.34. The Bertz CT molecular complexity index is 822.